The van der Waals surface area contributed by atoms with Crippen molar-refractivity contribution in [2.24, 2.45) is 0 Å². The van der Waals surface area contributed by atoms with Crippen molar-refractivity contribution < 1.29 is 18.9 Å². The number of hydrogen-bond acceptors (Lipinski definition) is 5. The summed E-state index contributed by atoms with van der Waals surface area (Å²) >= 11 is 1.62. The zero-order chi connectivity index (χ0) is 12.3. The van der Waals surface area contributed by atoms with Crippen LogP contribution in [0.2, 0.25) is 0 Å². The molecule has 0 amide bonds. The summed E-state index contributed by atoms with van der Waals surface area (Å²) in [7, 11) is 3.28. The lowest BCUT2D eigenvalue weighted by Gasteiger charge is -2.19. The van der Waals surface area contributed by atoms with Crippen LogP contribution in [0.5, 0.6) is 11.5 Å². The molecular formula is C12H16O4S. The number of benzene rings is 1. The van der Waals surface area contributed by atoms with Crippen LogP contribution in [0.3, 0.4) is 0 Å². The van der Waals surface area contributed by atoms with Gasteiger partial charge in [-0.25, -0.2) is 0 Å². The van der Waals surface area contributed by atoms with Crippen molar-refractivity contribution in [3.05, 3.63) is 17.7 Å². The Hall–Kier alpha value is -0.910. The molecule has 2 rings (SSSR count). The summed E-state index contributed by atoms with van der Waals surface area (Å²) in [5.74, 6) is 1.50. The van der Waals surface area contributed by atoms with Crippen LogP contribution in [0, 0.1) is 0 Å². The second kappa shape index (κ2) is 5.62. The molecule has 0 saturated carbocycles. The third-order valence-electron chi connectivity index (χ3n) is 2.62. The first-order valence-electron chi connectivity index (χ1n) is 5.34. The average molecular weight is 256 g/mol. The summed E-state index contributed by atoms with van der Waals surface area (Å²) in [6, 6.07) is 3.88. The van der Waals surface area contributed by atoms with E-state index in [9.17, 15) is 0 Å². The molecule has 0 N–H and O–H groups in total. The van der Waals surface area contributed by atoms with Gasteiger partial charge in [-0.1, -0.05) is 0 Å². The average Bonchev–Trinajstić information content (AvgIpc) is 2.90. The molecule has 1 aromatic rings. The molecule has 1 aliphatic rings. The van der Waals surface area contributed by atoms with Gasteiger partial charge in [0.1, 0.15) is 11.5 Å². The molecule has 1 saturated heterocycles. The molecule has 17 heavy (non-hydrogen) atoms. The summed E-state index contributed by atoms with van der Waals surface area (Å²) in [5.41, 5.74) is 0.833. The molecule has 1 fully saturated rings. The molecule has 1 aromatic carbocycles. The molecule has 0 bridgehead atoms. The fourth-order valence-electron chi connectivity index (χ4n) is 1.86. The number of hydrogen-bond donors (Lipinski definition) is 0. The van der Waals surface area contributed by atoms with E-state index < -0.39 is 6.29 Å². The number of methoxy groups -OCH3 is 2. The Balaban J connectivity index is 2.49. The molecule has 0 aliphatic carbocycles. The lowest BCUT2D eigenvalue weighted by atomic mass is 10.1. The van der Waals surface area contributed by atoms with Crippen molar-refractivity contribution in [3.8, 4) is 11.5 Å². The summed E-state index contributed by atoms with van der Waals surface area (Å²) in [5, 5.41) is 0. The summed E-state index contributed by atoms with van der Waals surface area (Å²) < 4.78 is 21.9. The fraction of sp³-hybridized carbons (Fsp3) is 0.500. The Kier molecular flexibility index (Phi) is 4.15. The van der Waals surface area contributed by atoms with E-state index in [2.05, 4.69) is 0 Å². The maximum absolute atomic E-state index is 5.53. The molecular weight excluding hydrogens is 240 g/mol. The third kappa shape index (κ3) is 2.36. The first-order chi connectivity index (χ1) is 8.31. The Bertz CT molecular complexity index is 388. The van der Waals surface area contributed by atoms with Gasteiger partial charge >= 0.3 is 0 Å². The van der Waals surface area contributed by atoms with Gasteiger partial charge in [0, 0.05) is 4.90 Å². The molecule has 0 aromatic heterocycles. The van der Waals surface area contributed by atoms with Gasteiger partial charge in [0.15, 0.2) is 6.29 Å². The van der Waals surface area contributed by atoms with Gasteiger partial charge in [-0.15, -0.1) is 11.8 Å². The molecule has 0 radical (unpaired) electrons. The largest absolute Gasteiger partial charge is 0.496 e. The van der Waals surface area contributed by atoms with Crippen LogP contribution < -0.4 is 9.47 Å². The van der Waals surface area contributed by atoms with Crippen LogP contribution in [0.1, 0.15) is 11.9 Å². The minimum Gasteiger partial charge on any atom is -0.496 e. The van der Waals surface area contributed by atoms with Crippen LogP contribution >= 0.6 is 11.8 Å². The van der Waals surface area contributed by atoms with E-state index in [1.165, 1.54) is 0 Å². The first-order valence-corrected chi connectivity index (χ1v) is 6.56. The van der Waals surface area contributed by atoms with Crippen molar-refractivity contribution >= 4 is 11.8 Å². The van der Waals surface area contributed by atoms with E-state index in [-0.39, 0.29) is 0 Å². The first kappa shape index (κ1) is 12.5. The zero-order valence-corrected chi connectivity index (χ0v) is 11.0. The summed E-state index contributed by atoms with van der Waals surface area (Å²) in [6.07, 6.45) is 1.61. The highest BCUT2D eigenvalue weighted by atomic mass is 32.2. The number of rotatable bonds is 4. The lowest BCUT2D eigenvalue weighted by molar-refractivity contribution is -0.0471. The Morgan fingerprint density at radius 2 is 1.88 bits per heavy atom. The predicted molar refractivity (Wildman–Crippen MR) is 66.0 cm³/mol. The number of thioether (sulfide) groups is 1. The van der Waals surface area contributed by atoms with E-state index in [1.54, 1.807) is 26.0 Å². The number of ether oxygens (including phenoxy) is 4. The van der Waals surface area contributed by atoms with Gasteiger partial charge in [0.25, 0.3) is 0 Å². The second-order valence-electron chi connectivity index (χ2n) is 3.49. The Morgan fingerprint density at radius 3 is 2.41 bits per heavy atom. The second-order valence-corrected chi connectivity index (χ2v) is 4.34. The van der Waals surface area contributed by atoms with Crippen LogP contribution in [0.4, 0.5) is 0 Å². The van der Waals surface area contributed by atoms with Gasteiger partial charge in [-0.3, -0.25) is 0 Å². The molecule has 0 atom stereocenters. The van der Waals surface area contributed by atoms with E-state index in [0.29, 0.717) is 13.2 Å². The highest BCUT2D eigenvalue weighted by Gasteiger charge is 2.27. The van der Waals surface area contributed by atoms with Gasteiger partial charge in [0.05, 0.1) is 33.0 Å². The minimum absolute atomic E-state index is 0.396. The standard InChI is InChI=1S/C12H16O4S/c1-13-8-4-5-9(17-3)11(14-2)10(8)12-15-6-7-16-12/h4-5,12H,6-7H2,1-3H3. The lowest BCUT2D eigenvalue weighted by Crippen LogP contribution is -2.05. The van der Waals surface area contributed by atoms with Crippen LogP contribution in [0.15, 0.2) is 17.0 Å². The Morgan fingerprint density at radius 1 is 1.18 bits per heavy atom. The quantitative estimate of drug-likeness (QED) is 0.774. The summed E-state index contributed by atoms with van der Waals surface area (Å²) in [6.45, 7) is 1.20. The van der Waals surface area contributed by atoms with E-state index in [1.807, 2.05) is 18.4 Å². The molecule has 94 valence electrons. The van der Waals surface area contributed by atoms with Crippen molar-refractivity contribution in [3.63, 3.8) is 0 Å². The zero-order valence-electron chi connectivity index (χ0n) is 10.2. The van der Waals surface area contributed by atoms with Gasteiger partial charge in [-0.2, -0.15) is 0 Å². The maximum atomic E-state index is 5.53. The maximum Gasteiger partial charge on any atom is 0.191 e. The predicted octanol–water partition coefficient (Wildman–Crippen LogP) is 2.47. The van der Waals surface area contributed by atoms with Crippen LogP contribution in [-0.4, -0.2) is 33.7 Å². The monoisotopic (exact) mass is 256 g/mol. The molecule has 1 heterocycles. The topological polar surface area (TPSA) is 36.9 Å². The smallest absolute Gasteiger partial charge is 0.191 e. The van der Waals surface area contributed by atoms with Crippen molar-refractivity contribution in [1.82, 2.24) is 0 Å². The van der Waals surface area contributed by atoms with Crippen LogP contribution in [0.25, 0.3) is 0 Å². The normalized spacial score (nSPS) is 16.2. The van der Waals surface area contributed by atoms with Crippen molar-refractivity contribution in [2.45, 2.75) is 11.2 Å². The van der Waals surface area contributed by atoms with Gasteiger partial charge in [0.2, 0.25) is 0 Å². The van der Waals surface area contributed by atoms with Gasteiger partial charge < -0.3 is 18.9 Å². The highest BCUT2D eigenvalue weighted by molar-refractivity contribution is 7.98. The Labute approximate surface area is 105 Å². The highest BCUT2D eigenvalue weighted by Crippen LogP contribution is 2.43. The van der Waals surface area contributed by atoms with Crippen molar-refractivity contribution in [2.75, 3.05) is 33.7 Å². The van der Waals surface area contributed by atoms with E-state index in [4.69, 9.17) is 18.9 Å². The van der Waals surface area contributed by atoms with Crippen LogP contribution in [-0.2, 0) is 9.47 Å². The van der Waals surface area contributed by atoms with E-state index >= 15 is 0 Å². The molecule has 1 aliphatic heterocycles. The molecule has 0 unspecified atom stereocenters. The van der Waals surface area contributed by atoms with E-state index in [0.717, 1.165) is 22.0 Å². The fourth-order valence-corrected chi connectivity index (χ4v) is 2.44. The third-order valence-corrected chi connectivity index (χ3v) is 3.38. The molecule has 4 nitrogen and oxygen atoms in total. The minimum atomic E-state index is -0.396. The molecule has 5 heteroatoms. The summed E-state index contributed by atoms with van der Waals surface area (Å²) in [4.78, 5) is 1.04. The van der Waals surface area contributed by atoms with Gasteiger partial charge in [-0.05, 0) is 18.4 Å². The van der Waals surface area contributed by atoms with Crippen molar-refractivity contribution in [1.29, 1.82) is 0 Å². The molecule has 0 spiro atoms. The SMILES string of the molecule is COc1ccc(SC)c(OC)c1C1OCCO1.